The van der Waals surface area contributed by atoms with E-state index in [1.165, 1.54) is 16.8 Å². The lowest BCUT2D eigenvalue weighted by Gasteiger charge is -2.22. The van der Waals surface area contributed by atoms with E-state index in [2.05, 4.69) is 22.2 Å². The predicted octanol–water partition coefficient (Wildman–Crippen LogP) is 2.60. The van der Waals surface area contributed by atoms with Crippen LogP contribution in [0.3, 0.4) is 0 Å². The van der Waals surface area contributed by atoms with Crippen LogP contribution < -0.4 is 10.9 Å². The Morgan fingerprint density at radius 3 is 2.69 bits per heavy atom. The van der Waals surface area contributed by atoms with E-state index in [-0.39, 0.29) is 23.8 Å². The number of aryl methyl sites for hydroxylation is 2. The lowest BCUT2D eigenvalue weighted by atomic mass is 10.2. The van der Waals surface area contributed by atoms with Gasteiger partial charge in [0.2, 0.25) is 5.91 Å². The molecule has 1 aromatic carbocycles. The van der Waals surface area contributed by atoms with Crippen molar-refractivity contribution >= 4 is 16.7 Å². The average molecular weight is 440 g/mol. The number of likely N-dealkylation sites (tertiary alicyclic amines) is 1. The van der Waals surface area contributed by atoms with E-state index in [1.807, 2.05) is 18.4 Å². The molecule has 0 spiro atoms. The molecule has 1 aliphatic rings. The summed E-state index contributed by atoms with van der Waals surface area (Å²) in [5.74, 6) is -0.484. The second kappa shape index (κ2) is 9.24. The minimum atomic E-state index is -0.277. The van der Waals surface area contributed by atoms with E-state index < -0.39 is 0 Å². The molecule has 1 aliphatic heterocycles. The zero-order chi connectivity index (χ0) is 22.8. The lowest BCUT2D eigenvalue weighted by molar-refractivity contribution is -0.122. The van der Waals surface area contributed by atoms with E-state index in [4.69, 9.17) is 0 Å². The Hall–Kier alpha value is -3.00. The molecule has 0 bridgehead atoms. The smallest absolute Gasteiger partial charge is 0.276 e. The molecule has 3 heterocycles. The topological polar surface area (TPSA) is 72.2 Å². The molecular weight excluding hydrogens is 409 g/mol. The van der Waals surface area contributed by atoms with E-state index in [9.17, 15) is 14.0 Å². The van der Waals surface area contributed by atoms with Gasteiger partial charge in [-0.1, -0.05) is 19.1 Å². The number of hydrogen-bond donors (Lipinski definition) is 1. The van der Waals surface area contributed by atoms with Crippen molar-refractivity contribution < 1.29 is 9.18 Å². The number of carbonyl (C=O) groups is 1. The van der Waals surface area contributed by atoms with Gasteiger partial charge >= 0.3 is 0 Å². The number of benzene rings is 1. The van der Waals surface area contributed by atoms with Crippen molar-refractivity contribution in [3.63, 3.8) is 0 Å². The molecule has 8 heteroatoms. The lowest BCUT2D eigenvalue weighted by Crippen LogP contribution is -2.42. The van der Waals surface area contributed by atoms with Crippen LogP contribution in [0.5, 0.6) is 0 Å². The fourth-order valence-electron chi connectivity index (χ4n) is 4.73. The van der Waals surface area contributed by atoms with Gasteiger partial charge in [0.05, 0.1) is 11.6 Å². The van der Waals surface area contributed by atoms with Crippen LogP contribution in [-0.2, 0) is 17.9 Å². The summed E-state index contributed by atoms with van der Waals surface area (Å²) in [6.45, 7) is 9.04. The first-order valence-corrected chi connectivity index (χ1v) is 11.2. The molecule has 1 amide bonds. The molecule has 0 saturated carbocycles. The third kappa shape index (κ3) is 4.32. The molecular formula is C24H30FN5O2. The average Bonchev–Trinajstić information content (AvgIpc) is 3.34. The highest BCUT2D eigenvalue weighted by atomic mass is 19.1. The number of nitrogens with zero attached hydrogens (tertiary/aromatic N) is 4. The Morgan fingerprint density at radius 2 is 1.97 bits per heavy atom. The van der Waals surface area contributed by atoms with Crippen molar-refractivity contribution in [2.45, 2.75) is 52.7 Å². The molecule has 1 atom stereocenters. The first-order chi connectivity index (χ1) is 15.4. The number of halogens is 1. The Balaban J connectivity index is 1.53. The van der Waals surface area contributed by atoms with Crippen LogP contribution in [0, 0.1) is 19.7 Å². The summed E-state index contributed by atoms with van der Waals surface area (Å²) in [4.78, 5) is 28.0. The highest BCUT2D eigenvalue weighted by Gasteiger charge is 2.23. The second-order valence-electron chi connectivity index (χ2n) is 8.51. The van der Waals surface area contributed by atoms with Crippen molar-refractivity contribution in [2.75, 3.05) is 19.6 Å². The monoisotopic (exact) mass is 439 g/mol. The maximum atomic E-state index is 13.2. The summed E-state index contributed by atoms with van der Waals surface area (Å²) >= 11 is 0. The Labute approximate surface area is 186 Å². The molecule has 1 N–H and O–H groups in total. The van der Waals surface area contributed by atoms with Gasteiger partial charge in [0.25, 0.3) is 5.56 Å². The van der Waals surface area contributed by atoms with Gasteiger partial charge in [0.1, 0.15) is 12.4 Å². The third-order valence-electron chi connectivity index (χ3n) is 6.59. The Kier molecular flexibility index (Phi) is 6.41. The van der Waals surface area contributed by atoms with E-state index in [0.29, 0.717) is 24.5 Å². The molecule has 3 aromatic rings. The number of carbonyl (C=O) groups excluding carboxylic acids is 1. The quantitative estimate of drug-likeness (QED) is 0.614. The van der Waals surface area contributed by atoms with Gasteiger partial charge in [0.15, 0.2) is 0 Å². The number of rotatable bonds is 7. The summed E-state index contributed by atoms with van der Waals surface area (Å²) in [7, 11) is 0. The number of fused-ring (bicyclic) bond motifs is 1. The number of nitrogens with one attached hydrogen (secondary N) is 1. The maximum absolute atomic E-state index is 13.2. The van der Waals surface area contributed by atoms with Crippen molar-refractivity contribution in [3.8, 4) is 0 Å². The fourth-order valence-corrected chi connectivity index (χ4v) is 4.73. The largest absolute Gasteiger partial charge is 0.353 e. The van der Waals surface area contributed by atoms with Crippen LogP contribution in [0.25, 0.3) is 10.8 Å². The summed E-state index contributed by atoms with van der Waals surface area (Å²) in [6.07, 6.45) is 3.89. The fraction of sp³-hybridized carbons (Fsp3) is 0.458. The third-order valence-corrected chi connectivity index (χ3v) is 6.59. The molecule has 0 radical (unpaired) electrons. The normalized spacial score (nSPS) is 16.7. The molecule has 1 fully saturated rings. The summed E-state index contributed by atoms with van der Waals surface area (Å²) in [5.41, 5.74) is 2.41. The van der Waals surface area contributed by atoms with E-state index in [1.54, 1.807) is 18.3 Å². The second-order valence-corrected chi connectivity index (χ2v) is 8.51. The zero-order valence-corrected chi connectivity index (χ0v) is 18.9. The first-order valence-electron chi connectivity index (χ1n) is 11.2. The van der Waals surface area contributed by atoms with Crippen LogP contribution in [0.2, 0.25) is 0 Å². The maximum Gasteiger partial charge on any atom is 0.276 e. The number of likely N-dealkylation sites (N-methyl/N-ethyl adjacent to an activating group) is 1. The predicted molar refractivity (Wildman–Crippen MR) is 122 cm³/mol. The SMILES string of the molecule is CCN1CCCC1CNC(=O)Cn1ncc2c(C)n(Cc3ccc(F)cc3)c(C)c2c1=O. The van der Waals surface area contributed by atoms with Crippen LogP contribution in [0.4, 0.5) is 4.39 Å². The summed E-state index contributed by atoms with van der Waals surface area (Å²) < 4.78 is 16.5. The Bertz CT molecular complexity index is 1180. The number of aromatic nitrogens is 3. The van der Waals surface area contributed by atoms with E-state index >= 15 is 0 Å². The van der Waals surface area contributed by atoms with Crippen molar-refractivity contribution in [1.82, 2.24) is 24.6 Å². The van der Waals surface area contributed by atoms with E-state index in [0.717, 1.165) is 48.3 Å². The molecule has 2 aromatic heterocycles. The molecule has 7 nitrogen and oxygen atoms in total. The number of amides is 1. The summed E-state index contributed by atoms with van der Waals surface area (Å²) in [6, 6.07) is 6.71. The van der Waals surface area contributed by atoms with Gasteiger partial charge < -0.3 is 9.88 Å². The van der Waals surface area contributed by atoms with Crippen LogP contribution in [-0.4, -0.2) is 50.8 Å². The van der Waals surface area contributed by atoms with Crippen molar-refractivity contribution in [1.29, 1.82) is 0 Å². The standard InChI is InChI=1S/C24H30FN5O2/c1-4-28-11-5-6-20(28)12-26-22(31)15-30-24(32)23-17(3)29(16(2)21(23)13-27-30)14-18-7-9-19(25)10-8-18/h7-10,13,20H,4-6,11-12,14-15H2,1-3H3,(H,26,31). The summed E-state index contributed by atoms with van der Waals surface area (Å²) in [5, 5.41) is 8.57. The molecule has 0 aliphatic carbocycles. The van der Waals surface area contributed by atoms with Gasteiger partial charge in [-0.15, -0.1) is 0 Å². The van der Waals surface area contributed by atoms with Crippen LogP contribution >= 0.6 is 0 Å². The highest BCUT2D eigenvalue weighted by molar-refractivity contribution is 5.87. The van der Waals surface area contributed by atoms with Gasteiger partial charge in [0, 0.05) is 35.9 Å². The minimum Gasteiger partial charge on any atom is -0.353 e. The first kappa shape index (κ1) is 22.2. The molecule has 4 rings (SSSR count). The van der Waals surface area contributed by atoms with Gasteiger partial charge in [-0.05, 0) is 57.5 Å². The van der Waals surface area contributed by atoms with Crippen molar-refractivity contribution in [2.24, 2.45) is 0 Å². The Morgan fingerprint density at radius 1 is 1.22 bits per heavy atom. The number of hydrogen-bond acceptors (Lipinski definition) is 4. The molecule has 1 unspecified atom stereocenters. The van der Waals surface area contributed by atoms with Gasteiger partial charge in [-0.25, -0.2) is 9.07 Å². The zero-order valence-electron chi connectivity index (χ0n) is 18.9. The van der Waals surface area contributed by atoms with Gasteiger partial charge in [-0.3, -0.25) is 14.5 Å². The highest BCUT2D eigenvalue weighted by Crippen LogP contribution is 2.23. The van der Waals surface area contributed by atoms with Crippen LogP contribution in [0.15, 0.2) is 35.3 Å². The molecule has 1 saturated heterocycles. The minimum absolute atomic E-state index is 0.102. The van der Waals surface area contributed by atoms with Crippen molar-refractivity contribution in [3.05, 3.63) is 63.6 Å². The molecule has 170 valence electrons. The van der Waals surface area contributed by atoms with Crippen LogP contribution in [0.1, 0.15) is 36.7 Å². The molecule has 32 heavy (non-hydrogen) atoms. The van der Waals surface area contributed by atoms with Gasteiger partial charge in [-0.2, -0.15) is 5.10 Å².